The SMILES string of the molecule is CCn1nc(C)c(Cl)c1CC(NN)c1cc(Cl)ccc1C. The zero-order valence-corrected chi connectivity index (χ0v) is 14.0. The first kappa shape index (κ1) is 16.3. The number of nitrogens with zero attached hydrogens (tertiary/aromatic N) is 2. The molecule has 0 fully saturated rings. The molecule has 1 unspecified atom stereocenters. The van der Waals surface area contributed by atoms with Crippen molar-refractivity contribution in [2.45, 2.75) is 39.8 Å². The van der Waals surface area contributed by atoms with Gasteiger partial charge >= 0.3 is 0 Å². The van der Waals surface area contributed by atoms with Crippen molar-refractivity contribution >= 4 is 23.2 Å². The van der Waals surface area contributed by atoms with Gasteiger partial charge in [-0.3, -0.25) is 16.0 Å². The van der Waals surface area contributed by atoms with Crippen molar-refractivity contribution in [2.24, 2.45) is 5.84 Å². The minimum absolute atomic E-state index is 0.0670. The standard InChI is InChI=1S/C15H20Cl2N4/c1-4-21-14(15(17)10(3)20-21)8-13(19-18)12-7-11(16)6-5-9(12)2/h5-7,13,19H,4,8,18H2,1-3H3. The summed E-state index contributed by atoms with van der Waals surface area (Å²) in [5.41, 5.74) is 6.90. The van der Waals surface area contributed by atoms with Gasteiger partial charge in [0.05, 0.1) is 22.5 Å². The number of benzene rings is 1. The van der Waals surface area contributed by atoms with E-state index in [2.05, 4.69) is 10.5 Å². The molecule has 0 bridgehead atoms. The van der Waals surface area contributed by atoms with Gasteiger partial charge in [-0.15, -0.1) is 0 Å². The molecule has 2 aromatic rings. The molecule has 1 atom stereocenters. The van der Waals surface area contributed by atoms with Crippen molar-refractivity contribution in [2.75, 3.05) is 0 Å². The molecular weight excluding hydrogens is 307 g/mol. The third-order valence-electron chi connectivity index (χ3n) is 3.67. The van der Waals surface area contributed by atoms with Crippen molar-refractivity contribution < 1.29 is 0 Å². The molecule has 0 amide bonds. The Morgan fingerprint density at radius 3 is 2.67 bits per heavy atom. The number of aromatic nitrogens is 2. The average molecular weight is 327 g/mol. The quantitative estimate of drug-likeness (QED) is 0.652. The third-order valence-corrected chi connectivity index (χ3v) is 4.39. The maximum atomic E-state index is 6.37. The molecule has 0 radical (unpaired) electrons. The smallest absolute Gasteiger partial charge is 0.0847 e. The van der Waals surface area contributed by atoms with Gasteiger partial charge in [-0.2, -0.15) is 5.10 Å². The average Bonchev–Trinajstić information content (AvgIpc) is 2.74. The summed E-state index contributed by atoms with van der Waals surface area (Å²) >= 11 is 12.5. The van der Waals surface area contributed by atoms with Gasteiger partial charge in [-0.25, -0.2) is 0 Å². The number of hydrogen-bond donors (Lipinski definition) is 2. The van der Waals surface area contributed by atoms with Crippen LogP contribution >= 0.6 is 23.2 Å². The van der Waals surface area contributed by atoms with Crippen molar-refractivity contribution in [1.82, 2.24) is 15.2 Å². The lowest BCUT2D eigenvalue weighted by atomic mass is 9.98. The number of halogens is 2. The summed E-state index contributed by atoms with van der Waals surface area (Å²) in [6.45, 7) is 6.77. The summed E-state index contributed by atoms with van der Waals surface area (Å²) < 4.78 is 1.92. The van der Waals surface area contributed by atoms with Gasteiger partial charge in [0.15, 0.2) is 0 Å². The van der Waals surface area contributed by atoms with E-state index in [1.165, 1.54) is 0 Å². The summed E-state index contributed by atoms with van der Waals surface area (Å²) in [6, 6.07) is 5.74. The van der Waals surface area contributed by atoms with Gasteiger partial charge in [-0.05, 0) is 44.0 Å². The topological polar surface area (TPSA) is 55.9 Å². The van der Waals surface area contributed by atoms with Crippen molar-refractivity contribution in [1.29, 1.82) is 0 Å². The van der Waals surface area contributed by atoms with E-state index in [4.69, 9.17) is 29.0 Å². The molecule has 0 aliphatic carbocycles. The lowest BCUT2D eigenvalue weighted by molar-refractivity contribution is 0.515. The van der Waals surface area contributed by atoms with Gasteiger partial charge in [-0.1, -0.05) is 29.3 Å². The van der Waals surface area contributed by atoms with E-state index in [-0.39, 0.29) is 6.04 Å². The van der Waals surface area contributed by atoms with Crippen LogP contribution in [0.2, 0.25) is 10.0 Å². The monoisotopic (exact) mass is 326 g/mol. The summed E-state index contributed by atoms with van der Waals surface area (Å²) in [7, 11) is 0. The first-order valence-electron chi connectivity index (χ1n) is 6.91. The molecule has 1 aromatic carbocycles. The van der Waals surface area contributed by atoms with Crippen LogP contribution in [0.4, 0.5) is 0 Å². The van der Waals surface area contributed by atoms with Gasteiger partial charge in [0, 0.05) is 18.0 Å². The van der Waals surface area contributed by atoms with E-state index in [9.17, 15) is 0 Å². The summed E-state index contributed by atoms with van der Waals surface area (Å²) in [5, 5.41) is 5.84. The minimum atomic E-state index is -0.0670. The normalized spacial score (nSPS) is 12.7. The molecular formula is C15H20Cl2N4. The Kier molecular flexibility index (Phi) is 5.27. The van der Waals surface area contributed by atoms with Gasteiger partial charge in [0.1, 0.15) is 0 Å². The molecule has 4 nitrogen and oxygen atoms in total. The summed E-state index contributed by atoms with van der Waals surface area (Å²) in [4.78, 5) is 0. The number of rotatable bonds is 5. The van der Waals surface area contributed by atoms with Crippen molar-refractivity contribution in [3.8, 4) is 0 Å². The highest BCUT2D eigenvalue weighted by atomic mass is 35.5. The zero-order chi connectivity index (χ0) is 15.6. The molecule has 0 saturated heterocycles. The zero-order valence-electron chi connectivity index (χ0n) is 12.5. The van der Waals surface area contributed by atoms with Crippen molar-refractivity contribution in [3.63, 3.8) is 0 Å². The number of nitrogens with one attached hydrogen (secondary N) is 1. The van der Waals surface area contributed by atoms with Crippen LogP contribution in [0.1, 0.15) is 35.5 Å². The Morgan fingerprint density at radius 2 is 2.05 bits per heavy atom. The fourth-order valence-corrected chi connectivity index (χ4v) is 2.90. The predicted molar refractivity (Wildman–Crippen MR) is 87.6 cm³/mol. The van der Waals surface area contributed by atoms with Crippen LogP contribution in [0.5, 0.6) is 0 Å². The van der Waals surface area contributed by atoms with E-state index in [0.717, 1.165) is 29.1 Å². The second kappa shape index (κ2) is 6.79. The van der Waals surface area contributed by atoms with Crippen LogP contribution in [-0.2, 0) is 13.0 Å². The Hall–Kier alpha value is -1.07. The number of hydrogen-bond acceptors (Lipinski definition) is 3. The molecule has 0 spiro atoms. The lowest BCUT2D eigenvalue weighted by Gasteiger charge is -2.19. The maximum Gasteiger partial charge on any atom is 0.0847 e. The van der Waals surface area contributed by atoms with Gasteiger partial charge in [0.2, 0.25) is 0 Å². The Morgan fingerprint density at radius 1 is 1.33 bits per heavy atom. The third kappa shape index (κ3) is 3.40. The molecule has 0 aliphatic heterocycles. The molecule has 1 heterocycles. The molecule has 114 valence electrons. The van der Waals surface area contributed by atoms with Crippen LogP contribution in [0.25, 0.3) is 0 Å². The fraction of sp³-hybridized carbons (Fsp3) is 0.400. The molecule has 2 rings (SSSR count). The van der Waals surface area contributed by atoms with Crippen molar-refractivity contribution in [3.05, 3.63) is 50.8 Å². The van der Waals surface area contributed by atoms with Crippen LogP contribution in [0.3, 0.4) is 0 Å². The Labute approximate surface area is 135 Å². The molecule has 0 aliphatic rings. The first-order valence-corrected chi connectivity index (χ1v) is 7.67. The number of hydrazine groups is 1. The van der Waals surface area contributed by atoms with Crippen LogP contribution < -0.4 is 11.3 Å². The molecule has 6 heteroatoms. The maximum absolute atomic E-state index is 6.37. The summed E-state index contributed by atoms with van der Waals surface area (Å²) in [5.74, 6) is 5.75. The Bertz CT molecular complexity index is 637. The van der Waals surface area contributed by atoms with Crippen LogP contribution in [0, 0.1) is 13.8 Å². The first-order chi connectivity index (χ1) is 9.97. The number of aryl methyl sites for hydroxylation is 3. The highest BCUT2D eigenvalue weighted by Crippen LogP contribution is 2.28. The van der Waals surface area contributed by atoms with Crippen LogP contribution in [-0.4, -0.2) is 9.78 Å². The van der Waals surface area contributed by atoms with Crippen LogP contribution in [0.15, 0.2) is 18.2 Å². The van der Waals surface area contributed by atoms with E-state index in [0.29, 0.717) is 16.5 Å². The predicted octanol–water partition coefficient (Wildman–Crippen LogP) is 3.57. The molecule has 0 saturated carbocycles. The van der Waals surface area contributed by atoms with Gasteiger partial charge < -0.3 is 0 Å². The van der Waals surface area contributed by atoms with E-state index in [1.807, 2.05) is 43.7 Å². The minimum Gasteiger partial charge on any atom is -0.271 e. The van der Waals surface area contributed by atoms with E-state index in [1.54, 1.807) is 0 Å². The Balaban J connectivity index is 2.38. The molecule has 21 heavy (non-hydrogen) atoms. The van der Waals surface area contributed by atoms with E-state index < -0.39 is 0 Å². The van der Waals surface area contributed by atoms with E-state index >= 15 is 0 Å². The molecule has 1 aromatic heterocycles. The second-order valence-corrected chi connectivity index (χ2v) is 5.90. The highest BCUT2D eigenvalue weighted by molar-refractivity contribution is 6.32. The highest BCUT2D eigenvalue weighted by Gasteiger charge is 2.20. The fourth-order valence-electron chi connectivity index (χ4n) is 2.50. The molecule has 3 N–H and O–H groups in total. The second-order valence-electron chi connectivity index (χ2n) is 5.09. The lowest BCUT2D eigenvalue weighted by Crippen LogP contribution is -2.30. The largest absolute Gasteiger partial charge is 0.271 e. The summed E-state index contributed by atoms with van der Waals surface area (Å²) in [6.07, 6.45) is 0.658. The van der Waals surface area contributed by atoms with Gasteiger partial charge in [0.25, 0.3) is 0 Å². The number of nitrogens with two attached hydrogens (primary N) is 1.